The Morgan fingerprint density at radius 1 is 1.35 bits per heavy atom. The van der Waals surface area contributed by atoms with Crippen LogP contribution in [-0.2, 0) is 4.79 Å². The van der Waals surface area contributed by atoms with Crippen LogP contribution in [0.1, 0.15) is 10.4 Å². The van der Waals surface area contributed by atoms with Crippen molar-refractivity contribution in [3.63, 3.8) is 0 Å². The number of carbonyl (C=O) groups excluding carboxylic acids is 2. The third-order valence-electron chi connectivity index (χ3n) is 2.56. The van der Waals surface area contributed by atoms with Crippen molar-refractivity contribution < 1.29 is 19.5 Å². The molecule has 1 saturated heterocycles. The number of carbonyl (C=O) groups is 3. The number of benzene rings is 1. The maximum absolute atomic E-state index is 12.0. The fourth-order valence-electron chi connectivity index (χ4n) is 1.62. The number of hydrogen-bond donors (Lipinski definition) is 3. The molecular formula is C11H8Cl2N2O4S. The number of halogens is 2. The molecule has 106 valence electrons. The molecule has 0 aliphatic carbocycles. The van der Waals surface area contributed by atoms with Gasteiger partial charge < -0.3 is 15.7 Å². The second-order valence-corrected chi connectivity index (χ2v) is 5.68. The third kappa shape index (κ3) is 3.00. The molecule has 1 unspecified atom stereocenters. The number of carboxylic acids is 1. The fraction of sp³-hybridized carbons (Fsp3) is 0.182. The van der Waals surface area contributed by atoms with Gasteiger partial charge in [0, 0.05) is 5.75 Å². The number of anilines is 1. The molecule has 0 bridgehead atoms. The molecular weight excluding hydrogens is 327 g/mol. The lowest BCUT2D eigenvalue weighted by Crippen LogP contribution is -2.39. The van der Waals surface area contributed by atoms with Crippen molar-refractivity contribution in [2.45, 2.75) is 6.04 Å². The molecule has 1 atom stereocenters. The van der Waals surface area contributed by atoms with Crippen molar-refractivity contribution in [1.29, 1.82) is 0 Å². The Hall–Kier alpha value is -1.44. The van der Waals surface area contributed by atoms with E-state index in [4.69, 9.17) is 28.3 Å². The van der Waals surface area contributed by atoms with E-state index in [0.717, 1.165) is 11.8 Å². The predicted octanol–water partition coefficient (Wildman–Crippen LogP) is 2.46. The summed E-state index contributed by atoms with van der Waals surface area (Å²) < 4.78 is 0. The van der Waals surface area contributed by atoms with Crippen LogP contribution in [0.25, 0.3) is 0 Å². The van der Waals surface area contributed by atoms with Gasteiger partial charge in [0.25, 0.3) is 5.24 Å². The molecule has 0 aromatic heterocycles. The number of amides is 2. The first kappa shape index (κ1) is 15.0. The molecule has 1 aromatic rings. The van der Waals surface area contributed by atoms with Gasteiger partial charge in [-0.2, -0.15) is 0 Å². The van der Waals surface area contributed by atoms with Crippen LogP contribution in [-0.4, -0.2) is 34.0 Å². The van der Waals surface area contributed by atoms with Gasteiger partial charge in [-0.25, -0.2) is 4.79 Å². The van der Waals surface area contributed by atoms with Crippen LogP contribution >= 0.6 is 35.0 Å². The summed E-state index contributed by atoms with van der Waals surface area (Å²) in [5.41, 5.74) is -0.368. The normalized spacial score (nSPS) is 17.7. The Bertz CT molecular complexity index is 608. The molecule has 2 rings (SSSR count). The van der Waals surface area contributed by atoms with Crippen LogP contribution in [0.5, 0.6) is 0 Å². The summed E-state index contributed by atoms with van der Waals surface area (Å²) in [7, 11) is 0. The van der Waals surface area contributed by atoms with E-state index in [9.17, 15) is 14.4 Å². The number of nitrogens with one attached hydrogen (secondary N) is 2. The second-order valence-electron chi connectivity index (χ2n) is 3.87. The van der Waals surface area contributed by atoms with E-state index in [0.29, 0.717) is 0 Å². The van der Waals surface area contributed by atoms with Crippen LogP contribution < -0.4 is 10.6 Å². The summed E-state index contributed by atoms with van der Waals surface area (Å²) in [6.45, 7) is 0. The molecule has 9 heteroatoms. The Morgan fingerprint density at radius 3 is 2.55 bits per heavy atom. The lowest BCUT2D eigenvalue weighted by atomic mass is 10.1. The molecule has 0 saturated carbocycles. The highest BCUT2D eigenvalue weighted by atomic mass is 35.5. The van der Waals surface area contributed by atoms with Gasteiger partial charge in [-0.3, -0.25) is 9.59 Å². The second kappa shape index (κ2) is 5.90. The molecule has 3 N–H and O–H groups in total. The molecule has 1 heterocycles. The molecule has 6 nitrogen and oxygen atoms in total. The SMILES string of the molecule is O=C1NC(C(=O)Nc2c(Cl)ccc(Cl)c2C(=O)O)CS1. The van der Waals surface area contributed by atoms with E-state index >= 15 is 0 Å². The summed E-state index contributed by atoms with van der Waals surface area (Å²) in [6, 6.07) is 1.98. The van der Waals surface area contributed by atoms with Gasteiger partial charge in [-0.1, -0.05) is 35.0 Å². The summed E-state index contributed by atoms with van der Waals surface area (Å²) in [5, 5.41) is 13.7. The van der Waals surface area contributed by atoms with Gasteiger partial charge in [0.1, 0.15) is 11.6 Å². The van der Waals surface area contributed by atoms with Crippen molar-refractivity contribution in [3.8, 4) is 0 Å². The maximum Gasteiger partial charge on any atom is 0.339 e. The van der Waals surface area contributed by atoms with Crippen molar-refractivity contribution in [2.24, 2.45) is 0 Å². The van der Waals surface area contributed by atoms with E-state index in [1.54, 1.807) is 0 Å². The minimum atomic E-state index is -1.31. The lowest BCUT2D eigenvalue weighted by molar-refractivity contribution is -0.117. The van der Waals surface area contributed by atoms with E-state index in [-0.39, 0.29) is 32.3 Å². The highest BCUT2D eigenvalue weighted by Gasteiger charge is 2.29. The van der Waals surface area contributed by atoms with Gasteiger partial charge >= 0.3 is 5.97 Å². The average molecular weight is 335 g/mol. The molecule has 0 radical (unpaired) electrons. The predicted molar refractivity (Wildman–Crippen MR) is 76.8 cm³/mol. The minimum Gasteiger partial charge on any atom is -0.478 e. The van der Waals surface area contributed by atoms with Crippen LogP contribution in [0.2, 0.25) is 10.0 Å². The van der Waals surface area contributed by atoms with E-state index in [2.05, 4.69) is 10.6 Å². The third-order valence-corrected chi connectivity index (χ3v) is 4.07. The largest absolute Gasteiger partial charge is 0.478 e. The molecule has 2 amide bonds. The average Bonchev–Trinajstić information content (AvgIpc) is 2.80. The zero-order valence-corrected chi connectivity index (χ0v) is 12.1. The highest BCUT2D eigenvalue weighted by molar-refractivity contribution is 8.14. The van der Waals surface area contributed by atoms with E-state index in [1.807, 2.05) is 0 Å². The van der Waals surface area contributed by atoms with E-state index < -0.39 is 17.9 Å². The number of aromatic carboxylic acids is 1. The Labute approximate surface area is 127 Å². The van der Waals surface area contributed by atoms with Gasteiger partial charge in [-0.05, 0) is 12.1 Å². The summed E-state index contributed by atoms with van der Waals surface area (Å²) in [4.78, 5) is 34.2. The molecule has 1 fully saturated rings. The number of rotatable bonds is 3. The molecule has 1 aromatic carbocycles. The zero-order valence-electron chi connectivity index (χ0n) is 9.78. The van der Waals surface area contributed by atoms with Gasteiger partial charge in [-0.15, -0.1) is 0 Å². The van der Waals surface area contributed by atoms with E-state index in [1.165, 1.54) is 12.1 Å². The molecule has 1 aliphatic heterocycles. The standard InChI is InChI=1S/C11H8Cl2N2O4S/c12-4-1-2-5(13)8(7(4)10(17)18)15-9(16)6-3-20-11(19)14-6/h1-2,6H,3H2,(H,14,19)(H,15,16)(H,17,18). The molecule has 20 heavy (non-hydrogen) atoms. The quantitative estimate of drug-likeness (QED) is 0.789. The summed E-state index contributed by atoms with van der Waals surface area (Å²) in [6.07, 6.45) is 0. The van der Waals surface area contributed by atoms with Gasteiger partial charge in [0.05, 0.1) is 15.7 Å². The smallest absolute Gasteiger partial charge is 0.339 e. The number of carboxylic acid groups (broad SMARTS) is 1. The first-order valence-corrected chi connectivity index (χ1v) is 7.09. The highest BCUT2D eigenvalue weighted by Crippen LogP contribution is 2.32. The van der Waals surface area contributed by atoms with Crippen molar-refractivity contribution in [2.75, 3.05) is 11.1 Å². The Morgan fingerprint density at radius 2 is 2.00 bits per heavy atom. The first-order chi connectivity index (χ1) is 9.40. The number of hydrogen-bond acceptors (Lipinski definition) is 4. The Kier molecular flexibility index (Phi) is 4.42. The molecule has 1 aliphatic rings. The lowest BCUT2D eigenvalue weighted by Gasteiger charge is -2.14. The first-order valence-electron chi connectivity index (χ1n) is 5.35. The van der Waals surface area contributed by atoms with Crippen molar-refractivity contribution >= 4 is 57.8 Å². The monoisotopic (exact) mass is 334 g/mol. The van der Waals surface area contributed by atoms with Crippen molar-refractivity contribution in [3.05, 3.63) is 27.7 Å². The fourth-order valence-corrected chi connectivity index (χ4v) is 2.84. The van der Waals surface area contributed by atoms with Crippen LogP contribution in [0.3, 0.4) is 0 Å². The molecule has 0 spiro atoms. The Balaban J connectivity index is 2.29. The van der Waals surface area contributed by atoms with Gasteiger partial charge in [0.15, 0.2) is 0 Å². The topological polar surface area (TPSA) is 95.5 Å². The minimum absolute atomic E-state index is 0.0398. The zero-order chi connectivity index (χ0) is 14.9. The summed E-state index contributed by atoms with van der Waals surface area (Å²) >= 11 is 12.7. The van der Waals surface area contributed by atoms with Gasteiger partial charge in [0.2, 0.25) is 5.91 Å². The van der Waals surface area contributed by atoms with Crippen LogP contribution in [0.15, 0.2) is 12.1 Å². The van der Waals surface area contributed by atoms with Crippen molar-refractivity contribution in [1.82, 2.24) is 5.32 Å². The van der Waals surface area contributed by atoms with Crippen LogP contribution in [0.4, 0.5) is 10.5 Å². The number of thioether (sulfide) groups is 1. The maximum atomic E-state index is 12.0. The van der Waals surface area contributed by atoms with Crippen LogP contribution in [0, 0.1) is 0 Å². The summed E-state index contributed by atoms with van der Waals surface area (Å²) in [5.74, 6) is -1.58.